The van der Waals surface area contributed by atoms with Crippen LogP contribution in [0.5, 0.6) is 0 Å². The first kappa shape index (κ1) is 25.8. The Bertz CT molecular complexity index is 1090. The van der Waals surface area contributed by atoms with Crippen molar-refractivity contribution in [2.75, 3.05) is 0 Å². The van der Waals surface area contributed by atoms with Crippen molar-refractivity contribution >= 4 is 46.4 Å². The van der Waals surface area contributed by atoms with Crippen LogP contribution in [-0.2, 0) is 21.0 Å². The topological polar surface area (TPSA) is 106 Å². The molecule has 0 saturated carbocycles. The van der Waals surface area contributed by atoms with Gasteiger partial charge in [-0.1, -0.05) is 59.6 Å². The molecule has 2 aliphatic rings. The normalized spacial score (nSPS) is 23.8. The predicted octanol–water partition coefficient (Wildman–Crippen LogP) is 4.23. The molecule has 180 valence electrons. The number of carbonyl (C=O) groups excluding carboxylic acids is 2. The maximum Gasteiger partial charge on any atom is 0.242 e. The maximum atomic E-state index is 11.5. The molecule has 0 unspecified atom stereocenters. The van der Waals surface area contributed by atoms with Crippen molar-refractivity contribution in [2.24, 2.45) is 10.2 Å². The Kier molecular flexibility index (Phi) is 7.47. The standard InChI is InChI=1S/2C12H13ClN2O2/c2*1-8-7-12(17,15(14-8)9(2)16)10-5-3-4-6-11(10)13/h2*3-6,17H,7H2,1-2H3/t2*12-/m11/s1. The average molecular weight is 505 g/mol. The van der Waals surface area contributed by atoms with Crippen LogP contribution in [0.25, 0.3) is 0 Å². The predicted molar refractivity (Wildman–Crippen MR) is 131 cm³/mol. The van der Waals surface area contributed by atoms with E-state index < -0.39 is 11.4 Å². The Balaban J connectivity index is 0.000000191. The minimum Gasteiger partial charge on any atom is -0.365 e. The summed E-state index contributed by atoms with van der Waals surface area (Å²) in [6, 6.07) is 13.8. The van der Waals surface area contributed by atoms with Gasteiger partial charge in [0.2, 0.25) is 11.8 Å². The number of hydrogen-bond donors (Lipinski definition) is 2. The van der Waals surface area contributed by atoms with Crippen molar-refractivity contribution < 1.29 is 19.8 Å². The van der Waals surface area contributed by atoms with Gasteiger partial charge in [-0.25, -0.2) is 0 Å². The molecule has 0 spiro atoms. The second kappa shape index (κ2) is 9.84. The van der Waals surface area contributed by atoms with Crippen LogP contribution >= 0.6 is 23.2 Å². The fourth-order valence-corrected chi connectivity index (χ4v) is 4.67. The fourth-order valence-electron chi connectivity index (χ4n) is 4.09. The van der Waals surface area contributed by atoms with E-state index in [1.54, 1.807) is 62.4 Å². The van der Waals surface area contributed by atoms with E-state index in [0.29, 0.717) is 32.6 Å². The van der Waals surface area contributed by atoms with Gasteiger partial charge in [0.1, 0.15) is 0 Å². The molecule has 0 aliphatic carbocycles. The number of halogens is 2. The highest BCUT2D eigenvalue weighted by Crippen LogP contribution is 2.39. The molecule has 34 heavy (non-hydrogen) atoms. The lowest BCUT2D eigenvalue weighted by molar-refractivity contribution is -0.156. The summed E-state index contributed by atoms with van der Waals surface area (Å²) in [5.41, 5.74) is -0.539. The van der Waals surface area contributed by atoms with Crippen LogP contribution in [0.4, 0.5) is 0 Å². The van der Waals surface area contributed by atoms with E-state index in [1.807, 2.05) is 0 Å². The molecule has 0 aromatic heterocycles. The highest BCUT2D eigenvalue weighted by molar-refractivity contribution is 6.31. The first-order chi connectivity index (χ1) is 15.9. The number of benzene rings is 2. The van der Waals surface area contributed by atoms with Crippen LogP contribution in [0.15, 0.2) is 58.7 Å². The number of nitrogens with zero attached hydrogens (tertiary/aromatic N) is 4. The number of aliphatic hydroxyl groups is 2. The van der Waals surface area contributed by atoms with Crippen LogP contribution < -0.4 is 0 Å². The molecule has 2 aliphatic heterocycles. The molecule has 4 rings (SSSR count). The van der Waals surface area contributed by atoms with E-state index in [-0.39, 0.29) is 24.7 Å². The molecule has 2 amide bonds. The van der Waals surface area contributed by atoms with E-state index in [1.165, 1.54) is 13.8 Å². The number of amides is 2. The Labute approximate surface area is 208 Å². The third-order valence-corrected chi connectivity index (χ3v) is 6.11. The summed E-state index contributed by atoms with van der Waals surface area (Å²) in [5.74, 6) is -0.631. The third kappa shape index (κ3) is 4.86. The first-order valence-corrected chi connectivity index (χ1v) is 11.3. The van der Waals surface area contributed by atoms with Crippen molar-refractivity contribution in [1.29, 1.82) is 0 Å². The molecule has 2 aromatic rings. The highest BCUT2D eigenvalue weighted by atomic mass is 35.5. The fraction of sp³-hybridized carbons (Fsp3) is 0.333. The SMILES string of the molecule is CC(=O)N1N=C(C)C[C@@]1(O)c1ccccc1Cl.CC(=O)N1N=C(C)C[C@@]1(O)c1ccccc1Cl. The summed E-state index contributed by atoms with van der Waals surface area (Å²) in [5, 5.41) is 32.4. The smallest absolute Gasteiger partial charge is 0.242 e. The second-order valence-corrected chi connectivity index (χ2v) is 9.09. The quantitative estimate of drug-likeness (QED) is 0.638. The molecule has 2 aromatic carbocycles. The number of hydrazone groups is 2. The van der Waals surface area contributed by atoms with Gasteiger partial charge in [0.05, 0.1) is 0 Å². The van der Waals surface area contributed by atoms with Gasteiger partial charge in [0.15, 0.2) is 11.4 Å². The maximum absolute atomic E-state index is 11.5. The lowest BCUT2D eigenvalue weighted by Crippen LogP contribution is -2.42. The number of carbonyl (C=O) groups is 2. The zero-order valence-electron chi connectivity index (χ0n) is 19.3. The first-order valence-electron chi connectivity index (χ1n) is 10.5. The second-order valence-electron chi connectivity index (χ2n) is 8.28. The summed E-state index contributed by atoms with van der Waals surface area (Å²) in [6.45, 7) is 6.27. The molecule has 2 atom stereocenters. The largest absolute Gasteiger partial charge is 0.365 e. The molecule has 0 fully saturated rings. The third-order valence-electron chi connectivity index (χ3n) is 5.45. The van der Waals surface area contributed by atoms with Gasteiger partial charge in [-0.3, -0.25) is 9.59 Å². The van der Waals surface area contributed by atoms with E-state index in [0.717, 1.165) is 10.0 Å². The molecular weight excluding hydrogens is 479 g/mol. The molecule has 0 radical (unpaired) electrons. The van der Waals surface area contributed by atoms with Crippen molar-refractivity contribution in [3.63, 3.8) is 0 Å². The van der Waals surface area contributed by atoms with Crippen LogP contribution in [0.2, 0.25) is 10.0 Å². The lowest BCUT2D eigenvalue weighted by atomic mass is 9.97. The molecule has 0 saturated heterocycles. The van der Waals surface area contributed by atoms with Crippen LogP contribution in [0, 0.1) is 0 Å². The van der Waals surface area contributed by atoms with Crippen LogP contribution in [-0.4, -0.2) is 43.5 Å². The minimum absolute atomic E-state index is 0.274. The summed E-state index contributed by atoms with van der Waals surface area (Å²) >= 11 is 12.1. The summed E-state index contributed by atoms with van der Waals surface area (Å²) in [6.07, 6.45) is 0.548. The molecule has 8 nitrogen and oxygen atoms in total. The molecular formula is C24H26Cl2N4O4. The Morgan fingerprint density at radius 2 is 1.09 bits per heavy atom. The molecule has 0 bridgehead atoms. The van der Waals surface area contributed by atoms with Gasteiger partial charge in [-0.15, -0.1) is 0 Å². The zero-order chi connectivity index (χ0) is 25.3. The summed E-state index contributed by atoms with van der Waals surface area (Å²) in [4.78, 5) is 23.0. The van der Waals surface area contributed by atoms with Gasteiger partial charge in [0.25, 0.3) is 0 Å². The van der Waals surface area contributed by atoms with E-state index in [4.69, 9.17) is 23.2 Å². The van der Waals surface area contributed by atoms with Crippen molar-refractivity contribution in [3.8, 4) is 0 Å². The van der Waals surface area contributed by atoms with Gasteiger partial charge >= 0.3 is 0 Å². The molecule has 2 N–H and O–H groups in total. The van der Waals surface area contributed by atoms with Crippen molar-refractivity contribution in [1.82, 2.24) is 10.0 Å². The molecule has 10 heteroatoms. The zero-order valence-corrected chi connectivity index (χ0v) is 20.8. The summed E-state index contributed by atoms with van der Waals surface area (Å²) < 4.78 is 0. The number of rotatable bonds is 2. The van der Waals surface area contributed by atoms with E-state index >= 15 is 0 Å². The Morgan fingerprint density at radius 3 is 1.38 bits per heavy atom. The van der Waals surface area contributed by atoms with Gasteiger partial charge in [-0.2, -0.15) is 20.2 Å². The lowest BCUT2D eigenvalue weighted by Gasteiger charge is -2.31. The van der Waals surface area contributed by atoms with Gasteiger partial charge in [0, 0.05) is 59.3 Å². The Hall–Kier alpha value is -2.78. The molecule has 2 heterocycles. The monoisotopic (exact) mass is 504 g/mol. The van der Waals surface area contributed by atoms with Crippen LogP contribution in [0.3, 0.4) is 0 Å². The van der Waals surface area contributed by atoms with Gasteiger partial charge < -0.3 is 10.2 Å². The number of hydrogen-bond acceptors (Lipinski definition) is 6. The van der Waals surface area contributed by atoms with Crippen LogP contribution in [0.1, 0.15) is 51.7 Å². The highest BCUT2D eigenvalue weighted by Gasteiger charge is 2.45. The van der Waals surface area contributed by atoms with Crippen molar-refractivity contribution in [3.05, 3.63) is 69.7 Å². The van der Waals surface area contributed by atoms with E-state index in [9.17, 15) is 19.8 Å². The summed E-state index contributed by atoms with van der Waals surface area (Å²) in [7, 11) is 0. The van der Waals surface area contributed by atoms with Gasteiger partial charge in [-0.05, 0) is 26.0 Å². The Morgan fingerprint density at radius 1 is 0.765 bits per heavy atom. The van der Waals surface area contributed by atoms with Crippen molar-refractivity contribution in [2.45, 2.75) is 52.0 Å². The minimum atomic E-state index is -1.46. The average Bonchev–Trinajstić information content (AvgIpc) is 3.25. The van der Waals surface area contributed by atoms with E-state index in [2.05, 4.69) is 10.2 Å².